The Bertz CT molecular complexity index is 793. The minimum atomic E-state index is -4.05. The molecule has 0 radical (unpaired) electrons. The van der Waals surface area contributed by atoms with Gasteiger partial charge < -0.3 is 0 Å². The van der Waals surface area contributed by atoms with Crippen LogP contribution in [0, 0.1) is 5.82 Å². The Kier molecular flexibility index (Phi) is 2.75. The molecule has 0 unspecified atom stereocenters. The Hall–Kier alpha value is -2.35. The van der Waals surface area contributed by atoms with Gasteiger partial charge in [-0.05, 0) is 24.3 Å². The number of aromatic nitrogens is 2. The van der Waals surface area contributed by atoms with Crippen molar-refractivity contribution in [1.29, 1.82) is 0 Å². The lowest BCUT2D eigenvalue weighted by Gasteiger charge is -2.13. The number of halogens is 1. The third-order valence-corrected chi connectivity index (χ3v) is 4.64. The molecular formula is C12H8FN3O3S. The molecule has 2 heterocycles. The van der Waals surface area contributed by atoms with E-state index in [9.17, 15) is 17.6 Å². The fraction of sp³-hybridized carbons (Fsp3) is 0.0833. The largest absolute Gasteiger partial charge is 0.269 e. The standard InChI is InChI=1S/C12H8FN3O3S/c13-8-2-3-9-10(6-8)20(18,19)16(12(9)17)7-11-14-4-1-5-15-11/h1-6H,7H2. The molecule has 0 saturated carbocycles. The quantitative estimate of drug-likeness (QED) is 0.824. The van der Waals surface area contributed by atoms with Gasteiger partial charge >= 0.3 is 0 Å². The predicted molar refractivity (Wildman–Crippen MR) is 65.5 cm³/mol. The Morgan fingerprint density at radius 2 is 1.90 bits per heavy atom. The molecule has 0 fully saturated rings. The lowest BCUT2D eigenvalue weighted by molar-refractivity contribution is 0.0862. The van der Waals surface area contributed by atoms with Crippen LogP contribution in [0.3, 0.4) is 0 Å². The van der Waals surface area contributed by atoms with Crippen molar-refractivity contribution in [3.8, 4) is 0 Å². The fourth-order valence-electron chi connectivity index (χ4n) is 1.95. The van der Waals surface area contributed by atoms with Gasteiger partial charge in [0.15, 0.2) is 0 Å². The molecule has 1 aromatic carbocycles. The highest BCUT2D eigenvalue weighted by atomic mass is 32.2. The molecule has 2 aromatic rings. The molecular weight excluding hydrogens is 285 g/mol. The molecule has 1 aliphatic heterocycles. The number of fused-ring (bicyclic) bond motifs is 1. The Morgan fingerprint density at radius 1 is 1.20 bits per heavy atom. The van der Waals surface area contributed by atoms with Crippen LogP contribution >= 0.6 is 0 Å². The number of nitrogens with zero attached hydrogens (tertiary/aromatic N) is 3. The second-order valence-corrected chi connectivity index (χ2v) is 5.95. The first kappa shape index (κ1) is 12.7. The number of carbonyl (C=O) groups excluding carboxylic acids is 1. The molecule has 8 heteroatoms. The maximum atomic E-state index is 13.2. The topological polar surface area (TPSA) is 80.2 Å². The van der Waals surface area contributed by atoms with Gasteiger partial charge in [0.25, 0.3) is 15.9 Å². The lowest BCUT2D eigenvalue weighted by atomic mass is 10.2. The summed E-state index contributed by atoms with van der Waals surface area (Å²) in [4.78, 5) is 19.5. The summed E-state index contributed by atoms with van der Waals surface area (Å²) in [5.74, 6) is -1.22. The number of amides is 1. The van der Waals surface area contributed by atoms with E-state index >= 15 is 0 Å². The minimum Gasteiger partial charge on any atom is -0.268 e. The first-order valence-corrected chi connectivity index (χ1v) is 7.06. The summed E-state index contributed by atoms with van der Waals surface area (Å²) in [6.07, 6.45) is 2.89. The Labute approximate surface area is 113 Å². The normalized spacial score (nSPS) is 16.2. The SMILES string of the molecule is O=C1c2ccc(F)cc2S(=O)(=O)N1Cc1ncccn1. The first-order valence-electron chi connectivity index (χ1n) is 5.62. The van der Waals surface area contributed by atoms with Gasteiger partial charge in [-0.3, -0.25) is 4.79 Å². The van der Waals surface area contributed by atoms with Gasteiger partial charge in [0.1, 0.15) is 16.5 Å². The summed E-state index contributed by atoms with van der Waals surface area (Å²) in [5.41, 5.74) is -0.0395. The van der Waals surface area contributed by atoms with Crippen LogP contribution in [0.5, 0.6) is 0 Å². The monoisotopic (exact) mass is 293 g/mol. The van der Waals surface area contributed by atoms with Crippen molar-refractivity contribution < 1.29 is 17.6 Å². The van der Waals surface area contributed by atoms with Crippen molar-refractivity contribution in [3.63, 3.8) is 0 Å². The van der Waals surface area contributed by atoms with E-state index in [1.165, 1.54) is 12.4 Å². The summed E-state index contributed by atoms with van der Waals surface area (Å²) in [6.45, 7) is -0.279. The number of carbonyl (C=O) groups is 1. The third-order valence-electron chi connectivity index (χ3n) is 2.87. The Balaban J connectivity index is 2.06. The number of benzene rings is 1. The van der Waals surface area contributed by atoms with E-state index in [1.54, 1.807) is 6.07 Å². The highest BCUT2D eigenvalue weighted by Gasteiger charge is 2.41. The molecule has 1 aromatic heterocycles. The van der Waals surface area contributed by atoms with Crippen molar-refractivity contribution in [1.82, 2.24) is 14.3 Å². The molecule has 102 valence electrons. The van der Waals surface area contributed by atoms with Crippen molar-refractivity contribution in [2.24, 2.45) is 0 Å². The molecule has 20 heavy (non-hydrogen) atoms. The summed E-state index contributed by atoms with van der Waals surface area (Å²) in [7, 11) is -4.05. The molecule has 6 nitrogen and oxygen atoms in total. The molecule has 0 bridgehead atoms. The van der Waals surface area contributed by atoms with Gasteiger partial charge in [-0.1, -0.05) is 0 Å². The number of rotatable bonds is 2. The molecule has 3 rings (SSSR count). The van der Waals surface area contributed by atoms with Gasteiger partial charge in [-0.15, -0.1) is 0 Å². The van der Waals surface area contributed by atoms with Crippen molar-refractivity contribution in [2.75, 3.05) is 0 Å². The van der Waals surface area contributed by atoms with E-state index in [0.29, 0.717) is 4.31 Å². The first-order chi connectivity index (χ1) is 9.50. The molecule has 0 N–H and O–H groups in total. The van der Waals surface area contributed by atoms with Crippen LogP contribution in [-0.4, -0.2) is 28.6 Å². The van der Waals surface area contributed by atoms with E-state index in [-0.39, 0.29) is 22.8 Å². The van der Waals surface area contributed by atoms with Crippen molar-refractivity contribution in [3.05, 3.63) is 53.9 Å². The zero-order valence-electron chi connectivity index (χ0n) is 10.0. The highest BCUT2D eigenvalue weighted by Crippen LogP contribution is 2.31. The maximum Gasteiger partial charge on any atom is 0.269 e. The lowest BCUT2D eigenvalue weighted by Crippen LogP contribution is -2.30. The molecule has 0 saturated heterocycles. The molecule has 0 atom stereocenters. The number of hydrogen-bond donors (Lipinski definition) is 0. The molecule has 1 amide bonds. The molecule has 0 spiro atoms. The maximum absolute atomic E-state index is 13.2. The van der Waals surface area contributed by atoms with Crippen LogP contribution in [-0.2, 0) is 16.6 Å². The second kappa shape index (κ2) is 4.34. The minimum absolute atomic E-state index is 0.0395. The van der Waals surface area contributed by atoms with E-state index in [4.69, 9.17) is 0 Å². The van der Waals surface area contributed by atoms with E-state index < -0.39 is 21.7 Å². The van der Waals surface area contributed by atoms with Gasteiger partial charge in [0, 0.05) is 12.4 Å². The average Bonchev–Trinajstić information content (AvgIpc) is 2.61. The van der Waals surface area contributed by atoms with Gasteiger partial charge in [-0.2, -0.15) is 0 Å². The molecule has 0 aliphatic carbocycles. The summed E-state index contributed by atoms with van der Waals surface area (Å²) in [5, 5.41) is 0. The zero-order chi connectivity index (χ0) is 14.3. The third kappa shape index (κ3) is 1.85. The highest BCUT2D eigenvalue weighted by molar-refractivity contribution is 7.90. The van der Waals surface area contributed by atoms with Crippen LogP contribution in [0.25, 0.3) is 0 Å². The van der Waals surface area contributed by atoms with Crippen LogP contribution in [0.2, 0.25) is 0 Å². The van der Waals surface area contributed by atoms with E-state index in [2.05, 4.69) is 9.97 Å². The van der Waals surface area contributed by atoms with Crippen molar-refractivity contribution >= 4 is 15.9 Å². The van der Waals surface area contributed by atoms with Crippen molar-refractivity contribution in [2.45, 2.75) is 11.4 Å². The van der Waals surface area contributed by atoms with Crippen LogP contribution < -0.4 is 0 Å². The predicted octanol–water partition coefficient (Wildman–Crippen LogP) is 0.960. The number of hydrogen-bond acceptors (Lipinski definition) is 5. The summed E-state index contributed by atoms with van der Waals surface area (Å²) >= 11 is 0. The van der Waals surface area contributed by atoms with Crippen LogP contribution in [0.1, 0.15) is 16.2 Å². The van der Waals surface area contributed by atoms with E-state index in [0.717, 1.165) is 18.2 Å². The smallest absolute Gasteiger partial charge is 0.268 e. The van der Waals surface area contributed by atoms with Gasteiger partial charge in [0.05, 0.1) is 12.1 Å². The fourth-order valence-corrected chi connectivity index (χ4v) is 3.48. The van der Waals surface area contributed by atoms with Crippen LogP contribution in [0.15, 0.2) is 41.6 Å². The molecule has 1 aliphatic rings. The zero-order valence-corrected chi connectivity index (χ0v) is 10.8. The number of sulfonamides is 1. The summed E-state index contributed by atoms with van der Waals surface area (Å²) in [6, 6.07) is 4.63. The van der Waals surface area contributed by atoms with E-state index in [1.807, 2.05) is 0 Å². The summed E-state index contributed by atoms with van der Waals surface area (Å²) < 4.78 is 38.3. The van der Waals surface area contributed by atoms with Crippen LogP contribution in [0.4, 0.5) is 4.39 Å². The van der Waals surface area contributed by atoms with Gasteiger partial charge in [-0.25, -0.2) is 27.1 Å². The van der Waals surface area contributed by atoms with Gasteiger partial charge in [0.2, 0.25) is 0 Å². The average molecular weight is 293 g/mol. The Morgan fingerprint density at radius 3 is 2.60 bits per heavy atom. The second-order valence-electron chi connectivity index (χ2n) is 4.12.